The van der Waals surface area contributed by atoms with Gasteiger partial charge in [0.15, 0.2) is 11.5 Å². The highest BCUT2D eigenvalue weighted by atomic mass is 79.9. The first-order chi connectivity index (χ1) is 4.63. The Morgan fingerprint density at radius 3 is 2.60 bits per heavy atom. The smallest absolute Gasteiger partial charge is 0.355 e. The van der Waals surface area contributed by atoms with Gasteiger partial charge in [0.25, 0.3) is 0 Å². The summed E-state index contributed by atoms with van der Waals surface area (Å²) in [5.74, 6) is -0.937. The van der Waals surface area contributed by atoms with E-state index in [-0.39, 0.29) is 11.5 Å². The molecule has 5 nitrogen and oxygen atoms in total. The van der Waals surface area contributed by atoms with Crippen LogP contribution in [0.3, 0.4) is 0 Å². The third-order valence-corrected chi connectivity index (χ3v) is 1.75. The molecule has 0 spiro atoms. The van der Waals surface area contributed by atoms with E-state index in [4.69, 9.17) is 10.8 Å². The van der Waals surface area contributed by atoms with Crippen molar-refractivity contribution in [1.82, 2.24) is 10.2 Å². The zero-order valence-electron chi connectivity index (χ0n) is 4.76. The highest BCUT2D eigenvalue weighted by Crippen LogP contribution is 2.19. The van der Waals surface area contributed by atoms with Gasteiger partial charge in [-0.25, -0.2) is 4.79 Å². The summed E-state index contributed by atoms with van der Waals surface area (Å²) in [5, 5.41) is 14.1. The van der Waals surface area contributed by atoms with Crippen LogP contribution in [0.25, 0.3) is 0 Å². The van der Waals surface area contributed by atoms with Gasteiger partial charge in [0.1, 0.15) is 0 Å². The number of aromatic carboxylic acids is 1. The Labute approximate surface area is 64.4 Å². The minimum atomic E-state index is -1.09. The fourth-order valence-corrected chi connectivity index (χ4v) is 0.831. The lowest BCUT2D eigenvalue weighted by atomic mass is 10.4. The Kier molecular flexibility index (Phi) is 1.62. The Morgan fingerprint density at radius 1 is 1.80 bits per heavy atom. The topological polar surface area (TPSA) is 92.0 Å². The number of rotatable bonds is 1. The highest BCUT2D eigenvalue weighted by Gasteiger charge is 2.13. The number of H-pyrrole nitrogens is 1. The van der Waals surface area contributed by atoms with E-state index >= 15 is 0 Å². The maximum atomic E-state index is 10.3. The largest absolute Gasteiger partial charge is 0.476 e. The zero-order valence-corrected chi connectivity index (χ0v) is 6.34. The molecule has 0 radical (unpaired) electrons. The van der Waals surface area contributed by atoms with E-state index in [1.165, 1.54) is 0 Å². The van der Waals surface area contributed by atoms with Crippen LogP contribution in [0.2, 0.25) is 0 Å². The van der Waals surface area contributed by atoms with Gasteiger partial charge < -0.3 is 10.8 Å². The third kappa shape index (κ3) is 0.971. The summed E-state index contributed by atoms with van der Waals surface area (Å²) in [6, 6.07) is 0. The number of aromatic amines is 1. The molecule has 0 bridgehead atoms. The fraction of sp³-hybridized carbons (Fsp3) is 0. The van der Waals surface area contributed by atoms with Gasteiger partial charge in [-0.2, -0.15) is 5.10 Å². The normalized spacial score (nSPS) is 9.70. The fourth-order valence-electron chi connectivity index (χ4n) is 0.484. The average Bonchev–Trinajstić information content (AvgIpc) is 2.14. The molecule has 1 rings (SSSR count). The van der Waals surface area contributed by atoms with Crippen LogP contribution in [-0.2, 0) is 0 Å². The molecule has 0 fully saturated rings. The van der Waals surface area contributed by atoms with E-state index < -0.39 is 5.97 Å². The van der Waals surface area contributed by atoms with Gasteiger partial charge in [0.2, 0.25) is 0 Å². The van der Waals surface area contributed by atoms with Gasteiger partial charge in [0.05, 0.1) is 4.47 Å². The standard InChI is InChI=1S/C4H4BrN3O2/c5-1-2(4(9)10)7-8-3(1)6/h(H,9,10)(H3,6,7,8). The molecule has 0 aliphatic carbocycles. The number of carboxylic acid groups (broad SMARTS) is 1. The number of halogens is 1. The van der Waals surface area contributed by atoms with E-state index in [1.54, 1.807) is 0 Å². The quantitative estimate of drug-likeness (QED) is 0.621. The molecule has 0 aromatic carbocycles. The maximum absolute atomic E-state index is 10.3. The Hall–Kier alpha value is -1.04. The predicted octanol–water partition coefficient (Wildman–Crippen LogP) is 0.453. The number of nitrogen functional groups attached to an aromatic ring is 1. The molecule has 6 heteroatoms. The Morgan fingerprint density at radius 2 is 2.40 bits per heavy atom. The van der Waals surface area contributed by atoms with E-state index in [0.29, 0.717) is 4.47 Å². The number of carboxylic acids is 1. The third-order valence-electron chi connectivity index (χ3n) is 0.946. The number of hydrogen-bond acceptors (Lipinski definition) is 3. The molecular formula is C4H4BrN3O2. The molecule has 1 aromatic rings. The van der Waals surface area contributed by atoms with E-state index in [2.05, 4.69) is 26.1 Å². The molecule has 0 unspecified atom stereocenters. The van der Waals surface area contributed by atoms with E-state index in [9.17, 15) is 4.79 Å². The van der Waals surface area contributed by atoms with E-state index in [0.717, 1.165) is 0 Å². The predicted molar refractivity (Wildman–Crippen MR) is 37.7 cm³/mol. The number of nitrogens with two attached hydrogens (primary N) is 1. The SMILES string of the molecule is Nc1n[nH]c(C(=O)O)c1Br. The van der Waals surface area contributed by atoms with Gasteiger partial charge in [-0.15, -0.1) is 0 Å². The minimum absolute atomic E-state index is 0.0301. The van der Waals surface area contributed by atoms with Crippen molar-refractivity contribution in [3.05, 3.63) is 10.2 Å². The first-order valence-corrected chi connectivity index (χ1v) is 3.15. The maximum Gasteiger partial charge on any atom is 0.355 e. The first kappa shape index (κ1) is 7.07. The van der Waals surface area contributed by atoms with Crippen LogP contribution in [0, 0.1) is 0 Å². The van der Waals surface area contributed by atoms with Crippen LogP contribution in [0.5, 0.6) is 0 Å². The van der Waals surface area contributed by atoms with Crippen molar-refractivity contribution in [2.24, 2.45) is 0 Å². The second-order valence-corrected chi connectivity index (χ2v) is 2.40. The van der Waals surface area contributed by atoms with Crippen LogP contribution < -0.4 is 5.73 Å². The van der Waals surface area contributed by atoms with E-state index in [1.807, 2.05) is 0 Å². The summed E-state index contributed by atoms with van der Waals surface area (Å²) in [5.41, 5.74) is 5.20. The van der Waals surface area contributed by atoms with Crippen LogP contribution in [0.4, 0.5) is 5.82 Å². The number of hydrogen-bond donors (Lipinski definition) is 3. The Bertz CT molecular complexity index is 269. The van der Waals surface area contributed by atoms with Crippen molar-refractivity contribution in [2.75, 3.05) is 5.73 Å². The lowest BCUT2D eigenvalue weighted by molar-refractivity contribution is 0.0689. The molecule has 54 valence electrons. The summed E-state index contributed by atoms with van der Waals surface area (Å²) in [6.07, 6.45) is 0. The number of anilines is 1. The molecule has 1 heterocycles. The number of carbonyl (C=O) groups is 1. The summed E-state index contributed by atoms with van der Waals surface area (Å²) in [7, 11) is 0. The van der Waals surface area contributed by atoms with Crippen molar-refractivity contribution < 1.29 is 9.90 Å². The van der Waals surface area contributed by atoms with Crippen LogP contribution in [-0.4, -0.2) is 21.3 Å². The highest BCUT2D eigenvalue weighted by molar-refractivity contribution is 9.10. The molecule has 0 aliphatic heterocycles. The monoisotopic (exact) mass is 205 g/mol. The number of nitrogens with zero attached hydrogens (tertiary/aromatic N) is 1. The van der Waals surface area contributed by atoms with Gasteiger partial charge >= 0.3 is 5.97 Å². The lowest BCUT2D eigenvalue weighted by Crippen LogP contribution is -1.97. The molecule has 4 N–H and O–H groups in total. The molecule has 0 saturated carbocycles. The van der Waals surface area contributed by atoms with Crippen molar-refractivity contribution in [3.8, 4) is 0 Å². The van der Waals surface area contributed by atoms with Gasteiger partial charge in [0, 0.05) is 0 Å². The molecule has 10 heavy (non-hydrogen) atoms. The van der Waals surface area contributed by atoms with Gasteiger partial charge in [-0.3, -0.25) is 5.10 Å². The number of nitrogens with one attached hydrogen (secondary N) is 1. The summed E-state index contributed by atoms with van der Waals surface area (Å²) in [4.78, 5) is 10.3. The van der Waals surface area contributed by atoms with Crippen LogP contribution in [0.1, 0.15) is 10.5 Å². The molecule has 0 saturated heterocycles. The zero-order chi connectivity index (χ0) is 7.72. The molecular weight excluding hydrogens is 202 g/mol. The van der Waals surface area contributed by atoms with Crippen molar-refractivity contribution >= 4 is 27.7 Å². The summed E-state index contributed by atoms with van der Waals surface area (Å²) >= 11 is 2.95. The minimum Gasteiger partial charge on any atom is -0.476 e. The van der Waals surface area contributed by atoms with Crippen LogP contribution in [0.15, 0.2) is 4.47 Å². The van der Waals surface area contributed by atoms with Gasteiger partial charge in [-0.05, 0) is 15.9 Å². The Balaban J connectivity index is 3.17. The summed E-state index contributed by atoms with van der Waals surface area (Å²) < 4.78 is 0.292. The number of aromatic nitrogens is 2. The molecule has 0 atom stereocenters. The lowest BCUT2D eigenvalue weighted by Gasteiger charge is -1.85. The summed E-state index contributed by atoms with van der Waals surface area (Å²) in [6.45, 7) is 0. The first-order valence-electron chi connectivity index (χ1n) is 2.35. The average molecular weight is 206 g/mol. The molecule has 1 aromatic heterocycles. The second kappa shape index (κ2) is 2.30. The van der Waals surface area contributed by atoms with Crippen molar-refractivity contribution in [3.63, 3.8) is 0 Å². The van der Waals surface area contributed by atoms with Crippen molar-refractivity contribution in [2.45, 2.75) is 0 Å². The van der Waals surface area contributed by atoms with Gasteiger partial charge in [-0.1, -0.05) is 0 Å². The van der Waals surface area contributed by atoms with Crippen LogP contribution >= 0.6 is 15.9 Å². The van der Waals surface area contributed by atoms with Crippen molar-refractivity contribution in [1.29, 1.82) is 0 Å². The molecule has 0 amide bonds. The molecule has 0 aliphatic rings. The second-order valence-electron chi connectivity index (χ2n) is 1.60.